The van der Waals surface area contributed by atoms with Crippen LogP contribution >= 0.6 is 11.3 Å². The lowest BCUT2D eigenvalue weighted by Gasteiger charge is -2.13. The highest BCUT2D eigenvalue weighted by molar-refractivity contribution is 7.07. The maximum Gasteiger partial charge on any atom is 0.299 e. The maximum absolute atomic E-state index is 11.0. The quantitative estimate of drug-likeness (QED) is 0.668. The number of rotatable bonds is 5. The molecular formula is C12H11N3O4S. The number of hydrogen-bond acceptors (Lipinski definition) is 6. The van der Waals surface area contributed by atoms with Crippen molar-refractivity contribution in [2.75, 3.05) is 5.32 Å². The molecule has 0 aliphatic heterocycles. The first kappa shape index (κ1) is 13.9. The minimum Gasteiger partial charge on any atom is -0.373 e. The normalized spacial score (nSPS) is 11.8. The molecule has 0 fully saturated rings. The summed E-state index contributed by atoms with van der Waals surface area (Å²) in [6, 6.07) is 5.36. The van der Waals surface area contributed by atoms with E-state index in [4.69, 9.17) is 0 Å². The van der Waals surface area contributed by atoms with Gasteiger partial charge in [0.15, 0.2) is 0 Å². The predicted octanol–water partition coefficient (Wildman–Crippen LogP) is 3.74. The number of anilines is 1. The molecule has 0 spiro atoms. The summed E-state index contributed by atoms with van der Waals surface area (Å²) in [6.07, 6.45) is 0. The third-order valence-electron chi connectivity index (χ3n) is 2.80. The summed E-state index contributed by atoms with van der Waals surface area (Å²) in [4.78, 5) is 20.4. The van der Waals surface area contributed by atoms with Crippen LogP contribution in [0.25, 0.3) is 0 Å². The molecular weight excluding hydrogens is 282 g/mol. The van der Waals surface area contributed by atoms with Crippen LogP contribution in [-0.2, 0) is 0 Å². The van der Waals surface area contributed by atoms with E-state index in [9.17, 15) is 20.2 Å². The number of hydrogen-bond donors (Lipinski definition) is 1. The highest BCUT2D eigenvalue weighted by Crippen LogP contribution is 2.31. The summed E-state index contributed by atoms with van der Waals surface area (Å²) in [6.45, 7) is 1.87. The number of benzene rings is 1. The fraction of sp³-hybridized carbons (Fsp3) is 0.167. The van der Waals surface area contributed by atoms with E-state index in [0.717, 1.165) is 11.6 Å². The number of nitrogens with zero attached hydrogens (tertiary/aromatic N) is 2. The molecule has 0 saturated carbocycles. The van der Waals surface area contributed by atoms with E-state index >= 15 is 0 Å². The van der Waals surface area contributed by atoms with Gasteiger partial charge < -0.3 is 5.32 Å². The average molecular weight is 293 g/mol. The number of nitrogens with one attached hydrogen (secondary N) is 1. The van der Waals surface area contributed by atoms with E-state index in [1.165, 1.54) is 23.5 Å². The van der Waals surface area contributed by atoms with Crippen molar-refractivity contribution < 1.29 is 9.85 Å². The van der Waals surface area contributed by atoms with Gasteiger partial charge in [-0.25, -0.2) is 0 Å². The van der Waals surface area contributed by atoms with Crippen LogP contribution in [0.15, 0.2) is 35.0 Å². The largest absolute Gasteiger partial charge is 0.373 e. The first-order valence-electron chi connectivity index (χ1n) is 5.70. The van der Waals surface area contributed by atoms with Gasteiger partial charge in [0.1, 0.15) is 5.69 Å². The first-order valence-corrected chi connectivity index (χ1v) is 6.65. The number of thiophene rings is 1. The molecule has 1 aromatic heterocycles. The molecule has 8 heteroatoms. The van der Waals surface area contributed by atoms with E-state index in [2.05, 4.69) is 5.32 Å². The lowest BCUT2D eigenvalue weighted by molar-refractivity contribution is -0.393. The van der Waals surface area contributed by atoms with Gasteiger partial charge in [0, 0.05) is 12.1 Å². The van der Waals surface area contributed by atoms with Gasteiger partial charge in [-0.1, -0.05) is 0 Å². The summed E-state index contributed by atoms with van der Waals surface area (Å²) < 4.78 is 0. The second-order valence-electron chi connectivity index (χ2n) is 4.14. The molecule has 0 amide bonds. The molecule has 7 nitrogen and oxygen atoms in total. The summed E-state index contributed by atoms with van der Waals surface area (Å²) in [5.74, 6) is 0. The van der Waals surface area contributed by atoms with Crippen molar-refractivity contribution in [1.29, 1.82) is 0 Å². The zero-order valence-corrected chi connectivity index (χ0v) is 11.3. The molecule has 1 unspecified atom stereocenters. The Labute approximate surface area is 118 Å². The Bertz CT molecular complexity index is 642. The van der Waals surface area contributed by atoms with E-state index in [0.29, 0.717) is 0 Å². The lowest BCUT2D eigenvalue weighted by Crippen LogP contribution is -2.07. The molecule has 1 heterocycles. The van der Waals surface area contributed by atoms with Crippen LogP contribution in [0.1, 0.15) is 18.5 Å². The average Bonchev–Trinajstić information content (AvgIpc) is 2.92. The minimum atomic E-state index is -0.654. The molecule has 0 saturated heterocycles. The Balaban J connectivity index is 2.31. The maximum atomic E-state index is 11.0. The van der Waals surface area contributed by atoms with Gasteiger partial charge in [-0.2, -0.15) is 11.3 Å². The van der Waals surface area contributed by atoms with Crippen LogP contribution in [-0.4, -0.2) is 9.85 Å². The van der Waals surface area contributed by atoms with Crippen molar-refractivity contribution in [3.63, 3.8) is 0 Å². The standard InChI is InChI=1S/C12H11N3O4S/c1-8(9-4-5-20-7-9)13-11-3-2-10(14(16)17)6-12(11)15(18)19/h2-8,13H,1H3. The van der Waals surface area contributed by atoms with Gasteiger partial charge in [-0.15, -0.1) is 0 Å². The molecule has 20 heavy (non-hydrogen) atoms. The number of non-ortho nitro benzene ring substituents is 1. The monoisotopic (exact) mass is 293 g/mol. The second kappa shape index (κ2) is 5.66. The molecule has 2 aromatic rings. The van der Waals surface area contributed by atoms with Gasteiger partial charge >= 0.3 is 0 Å². The van der Waals surface area contributed by atoms with Gasteiger partial charge in [0.05, 0.1) is 15.9 Å². The second-order valence-corrected chi connectivity index (χ2v) is 4.92. The summed E-state index contributed by atoms with van der Waals surface area (Å²) in [5.41, 5.74) is 0.661. The molecule has 0 radical (unpaired) electrons. The molecule has 1 N–H and O–H groups in total. The van der Waals surface area contributed by atoms with E-state index in [1.807, 2.05) is 23.8 Å². The summed E-state index contributed by atoms with van der Waals surface area (Å²) in [5, 5.41) is 28.5. The third kappa shape index (κ3) is 2.91. The van der Waals surface area contributed by atoms with Crippen molar-refractivity contribution in [3.05, 3.63) is 60.8 Å². The van der Waals surface area contributed by atoms with Crippen LogP contribution < -0.4 is 5.32 Å². The fourth-order valence-electron chi connectivity index (χ4n) is 1.74. The van der Waals surface area contributed by atoms with Crippen molar-refractivity contribution >= 4 is 28.4 Å². The molecule has 0 aliphatic rings. The molecule has 0 aliphatic carbocycles. The first-order chi connectivity index (χ1) is 9.49. The Kier molecular flexibility index (Phi) is 3.94. The van der Waals surface area contributed by atoms with Gasteiger partial charge in [0.2, 0.25) is 0 Å². The van der Waals surface area contributed by atoms with Crippen LogP contribution in [0.4, 0.5) is 17.1 Å². The van der Waals surface area contributed by atoms with E-state index in [-0.39, 0.29) is 23.1 Å². The molecule has 2 rings (SSSR count). The van der Waals surface area contributed by atoms with Crippen molar-refractivity contribution in [1.82, 2.24) is 0 Å². The van der Waals surface area contributed by atoms with Gasteiger partial charge in [-0.3, -0.25) is 20.2 Å². The Hall–Kier alpha value is -2.48. The number of nitro benzene ring substituents is 2. The van der Waals surface area contributed by atoms with Crippen LogP contribution in [0.2, 0.25) is 0 Å². The van der Waals surface area contributed by atoms with Crippen molar-refractivity contribution in [3.8, 4) is 0 Å². The molecule has 0 bridgehead atoms. The van der Waals surface area contributed by atoms with E-state index in [1.54, 1.807) is 0 Å². The SMILES string of the molecule is CC(Nc1ccc([N+](=O)[O-])cc1[N+](=O)[O-])c1ccsc1. The van der Waals surface area contributed by atoms with Crippen LogP contribution in [0.3, 0.4) is 0 Å². The predicted molar refractivity (Wildman–Crippen MR) is 76.1 cm³/mol. The summed E-state index contributed by atoms with van der Waals surface area (Å²) in [7, 11) is 0. The molecule has 104 valence electrons. The van der Waals surface area contributed by atoms with Crippen molar-refractivity contribution in [2.24, 2.45) is 0 Å². The van der Waals surface area contributed by atoms with E-state index < -0.39 is 9.85 Å². The lowest BCUT2D eigenvalue weighted by atomic mass is 10.1. The van der Waals surface area contributed by atoms with Crippen LogP contribution in [0.5, 0.6) is 0 Å². The van der Waals surface area contributed by atoms with Gasteiger partial charge in [-0.05, 0) is 35.4 Å². The Morgan fingerprint density at radius 2 is 1.95 bits per heavy atom. The molecule has 1 aromatic carbocycles. The highest BCUT2D eigenvalue weighted by Gasteiger charge is 2.20. The topological polar surface area (TPSA) is 98.3 Å². The Morgan fingerprint density at radius 3 is 2.50 bits per heavy atom. The van der Waals surface area contributed by atoms with Crippen molar-refractivity contribution in [2.45, 2.75) is 13.0 Å². The molecule has 1 atom stereocenters. The third-order valence-corrected chi connectivity index (χ3v) is 3.51. The fourth-order valence-corrected chi connectivity index (χ4v) is 2.50. The minimum absolute atomic E-state index is 0.124. The zero-order valence-electron chi connectivity index (χ0n) is 10.5. The summed E-state index contributed by atoms with van der Waals surface area (Å²) >= 11 is 1.53. The zero-order chi connectivity index (χ0) is 14.7. The Morgan fingerprint density at radius 1 is 1.20 bits per heavy atom. The van der Waals surface area contributed by atoms with Gasteiger partial charge in [0.25, 0.3) is 11.4 Å². The number of nitro groups is 2. The smallest absolute Gasteiger partial charge is 0.299 e. The van der Waals surface area contributed by atoms with Crippen LogP contribution in [0, 0.1) is 20.2 Å². The highest BCUT2D eigenvalue weighted by atomic mass is 32.1.